The van der Waals surface area contributed by atoms with Gasteiger partial charge in [-0.25, -0.2) is 4.39 Å². The van der Waals surface area contributed by atoms with Crippen molar-refractivity contribution in [1.29, 1.82) is 5.26 Å². The van der Waals surface area contributed by atoms with Crippen LogP contribution in [0.2, 0.25) is 0 Å². The van der Waals surface area contributed by atoms with Crippen molar-refractivity contribution in [3.05, 3.63) is 70.5 Å². The van der Waals surface area contributed by atoms with Gasteiger partial charge < -0.3 is 0 Å². The summed E-state index contributed by atoms with van der Waals surface area (Å²) in [5.74, 6) is 1.21. The Kier molecular flexibility index (Phi) is 5.87. The second kappa shape index (κ2) is 8.30. The third-order valence-corrected chi connectivity index (χ3v) is 5.71. The van der Waals surface area contributed by atoms with Crippen LogP contribution >= 0.6 is 0 Å². The Hall–Kier alpha value is -2.14. The van der Waals surface area contributed by atoms with Crippen LogP contribution in [-0.4, -0.2) is 0 Å². The highest BCUT2D eigenvalue weighted by atomic mass is 19.1. The second-order valence-electron chi connectivity index (χ2n) is 7.29. The molecule has 1 aliphatic rings. The number of hydrogen-bond acceptors (Lipinski definition) is 1. The highest BCUT2D eigenvalue weighted by molar-refractivity contribution is 5.33. The van der Waals surface area contributed by atoms with E-state index in [-0.39, 0.29) is 5.82 Å². The smallest absolute Gasteiger partial charge is 0.126 e. The zero-order valence-corrected chi connectivity index (χ0v) is 15.0. The van der Waals surface area contributed by atoms with E-state index in [0.717, 1.165) is 42.7 Å². The lowest BCUT2D eigenvalue weighted by atomic mass is 9.77. The molecule has 0 N–H and O–H groups in total. The van der Waals surface area contributed by atoms with Gasteiger partial charge in [-0.05, 0) is 85.3 Å². The number of aryl methyl sites for hydroxylation is 2. The van der Waals surface area contributed by atoms with Gasteiger partial charge in [0.2, 0.25) is 0 Å². The maximum Gasteiger partial charge on any atom is 0.126 e. The van der Waals surface area contributed by atoms with Crippen molar-refractivity contribution in [2.75, 3.05) is 0 Å². The molecule has 25 heavy (non-hydrogen) atoms. The summed E-state index contributed by atoms with van der Waals surface area (Å²) in [6, 6.07) is 15.6. The molecule has 0 bridgehead atoms. The van der Waals surface area contributed by atoms with E-state index in [1.54, 1.807) is 6.07 Å². The van der Waals surface area contributed by atoms with Crippen LogP contribution < -0.4 is 0 Å². The lowest BCUT2D eigenvalue weighted by Crippen LogP contribution is -2.13. The van der Waals surface area contributed by atoms with Crippen LogP contribution in [0.25, 0.3) is 0 Å². The number of hydrogen-bond donors (Lipinski definition) is 0. The number of benzene rings is 2. The minimum absolute atomic E-state index is 0.0303. The third-order valence-electron chi connectivity index (χ3n) is 5.71. The predicted octanol–water partition coefficient (Wildman–Crippen LogP) is 6.17. The van der Waals surface area contributed by atoms with E-state index < -0.39 is 0 Å². The summed E-state index contributed by atoms with van der Waals surface area (Å²) in [6.07, 6.45) is 7.67. The normalized spacial score (nSPS) is 20.2. The molecule has 0 aromatic heterocycles. The molecule has 0 atom stereocenters. The lowest BCUT2D eigenvalue weighted by Gasteiger charge is -2.28. The van der Waals surface area contributed by atoms with Gasteiger partial charge in [0.1, 0.15) is 5.82 Å². The van der Waals surface area contributed by atoms with Gasteiger partial charge in [-0.1, -0.05) is 37.6 Å². The molecule has 1 saturated carbocycles. The van der Waals surface area contributed by atoms with Crippen molar-refractivity contribution < 1.29 is 4.39 Å². The molecule has 2 aromatic rings. The maximum atomic E-state index is 14.6. The van der Waals surface area contributed by atoms with Crippen LogP contribution in [0.1, 0.15) is 67.2 Å². The Morgan fingerprint density at radius 1 is 0.960 bits per heavy atom. The fourth-order valence-electron chi connectivity index (χ4n) is 3.97. The molecule has 130 valence electrons. The van der Waals surface area contributed by atoms with Crippen molar-refractivity contribution in [2.45, 2.75) is 57.8 Å². The fraction of sp³-hybridized carbons (Fsp3) is 0.435. The van der Waals surface area contributed by atoms with Crippen molar-refractivity contribution in [1.82, 2.24) is 0 Å². The van der Waals surface area contributed by atoms with Crippen LogP contribution in [0, 0.1) is 23.1 Å². The standard InChI is InChI=1S/C23H26FN/c1-2-17-9-12-21(13-10-17)22-14-11-19(15-23(22)24)6-3-18-4-7-20(16-25)8-5-18/h4-5,7-8,11,14-15,17,21H,2-3,6,9-10,12-13H2,1H3. The molecule has 2 heteroatoms. The quantitative estimate of drug-likeness (QED) is 0.641. The number of rotatable bonds is 5. The van der Waals surface area contributed by atoms with Gasteiger partial charge in [0.25, 0.3) is 0 Å². The van der Waals surface area contributed by atoms with Crippen molar-refractivity contribution in [3.63, 3.8) is 0 Å². The van der Waals surface area contributed by atoms with E-state index >= 15 is 0 Å². The van der Waals surface area contributed by atoms with E-state index in [4.69, 9.17) is 5.26 Å². The first-order valence-corrected chi connectivity index (χ1v) is 9.47. The zero-order chi connectivity index (χ0) is 17.6. The highest BCUT2D eigenvalue weighted by Gasteiger charge is 2.23. The highest BCUT2D eigenvalue weighted by Crippen LogP contribution is 2.38. The van der Waals surface area contributed by atoms with Gasteiger partial charge in [-0.15, -0.1) is 0 Å². The van der Waals surface area contributed by atoms with E-state index in [1.165, 1.54) is 24.8 Å². The van der Waals surface area contributed by atoms with Gasteiger partial charge in [-0.2, -0.15) is 5.26 Å². The van der Waals surface area contributed by atoms with E-state index in [2.05, 4.69) is 19.1 Å². The first-order chi connectivity index (χ1) is 12.2. The fourth-order valence-corrected chi connectivity index (χ4v) is 3.97. The molecule has 0 heterocycles. The summed E-state index contributed by atoms with van der Waals surface area (Å²) in [5.41, 5.74) is 3.82. The average molecular weight is 335 g/mol. The Balaban J connectivity index is 1.60. The molecule has 0 radical (unpaired) electrons. The number of nitriles is 1. The summed E-state index contributed by atoms with van der Waals surface area (Å²) in [4.78, 5) is 0. The summed E-state index contributed by atoms with van der Waals surface area (Å²) in [6.45, 7) is 2.26. The Labute approximate surface area is 150 Å². The molecular weight excluding hydrogens is 309 g/mol. The SMILES string of the molecule is CCC1CCC(c2ccc(CCc3ccc(C#N)cc3)cc2F)CC1. The Morgan fingerprint density at radius 2 is 1.60 bits per heavy atom. The molecule has 0 amide bonds. The lowest BCUT2D eigenvalue weighted by molar-refractivity contribution is 0.314. The molecule has 1 fully saturated rings. The van der Waals surface area contributed by atoms with E-state index in [0.29, 0.717) is 11.5 Å². The van der Waals surface area contributed by atoms with Gasteiger partial charge in [-0.3, -0.25) is 0 Å². The first kappa shape index (κ1) is 17.7. The van der Waals surface area contributed by atoms with Gasteiger partial charge in [0.05, 0.1) is 11.6 Å². The van der Waals surface area contributed by atoms with Gasteiger partial charge in [0.15, 0.2) is 0 Å². The minimum Gasteiger partial charge on any atom is -0.207 e. The van der Waals surface area contributed by atoms with Crippen LogP contribution in [0.4, 0.5) is 4.39 Å². The summed E-state index contributed by atoms with van der Waals surface area (Å²) >= 11 is 0. The average Bonchev–Trinajstić information content (AvgIpc) is 2.67. The Bertz CT molecular complexity index is 734. The number of halogens is 1. The second-order valence-corrected chi connectivity index (χ2v) is 7.29. The van der Waals surface area contributed by atoms with Crippen LogP contribution in [0.3, 0.4) is 0 Å². The van der Waals surface area contributed by atoms with E-state index in [1.807, 2.05) is 30.3 Å². The first-order valence-electron chi connectivity index (χ1n) is 9.47. The summed E-state index contributed by atoms with van der Waals surface area (Å²) in [7, 11) is 0. The van der Waals surface area contributed by atoms with Crippen LogP contribution in [0.5, 0.6) is 0 Å². The molecule has 0 aliphatic heterocycles. The molecule has 1 nitrogen and oxygen atoms in total. The molecular formula is C23H26FN. The molecule has 0 unspecified atom stereocenters. The number of nitrogens with zero attached hydrogens (tertiary/aromatic N) is 1. The van der Waals surface area contributed by atoms with Crippen LogP contribution in [-0.2, 0) is 12.8 Å². The molecule has 1 aliphatic carbocycles. The largest absolute Gasteiger partial charge is 0.207 e. The van der Waals surface area contributed by atoms with E-state index in [9.17, 15) is 4.39 Å². The maximum absolute atomic E-state index is 14.6. The predicted molar refractivity (Wildman–Crippen MR) is 100.0 cm³/mol. The third kappa shape index (κ3) is 4.48. The molecule has 0 spiro atoms. The molecule has 2 aromatic carbocycles. The topological polar surface area (TPSA) is 23.8 Å². The monoisotopic (exact) mass is 335 g/mol. The van der Waals surface area contributed by atoms with Gasteiger partial charge in [0, 0.05) is 0 Å². The Morgan fingerprint density at radius 3 is 2.20 bits per heavy atom. The van der Waals surface area contributed by atoms with Crippen LogP contribution in [0.15, 0.2) is 42.5 Å². The summed E-state index contributed by atoms with van der Waals surface area (Å²) in [5, 5.41) is 8.84. The van der Waals surface area contributed by atoms with Crippen molar-refractivity contribution >= 4 is 0 Å². The van der Waals surface area contributed by atoms with Crippen molar-refractivity contribution in [3.8, 4) is 6.07 Å². The molecule has 3 rings (SSSR count). The zero-order valence-electron chi connectivity index (χ0n) is 15.0. The molecule has 0 saturated heterocycles. The minimum atomic E-state index is -0.0303. The van der Waals surface area contributed by atoms with Gasteiger partial charge >= 0.3 is 0 Å². The summed E-state index contributed by atoms with van der Waals surface area (Å²) < 4.78 is 14.6. The van der Waals surface area contributed by atoms with Crippen molar-refractivity contribution in [2.24, 2.45) is 5.92 Å².